The summed E-state index contributed by atoms with van der Waals surface area (Å²) in [5.41, 5.74) is 0.344. The number of nitro groups is 1. The van der Waals surface area contributed by atoms with Gasteiger partial charge in [0.1, 0.15) is 16.9 Å². The zero-order chi connectivity index (χ0) is 18.5. The van der Waals surface area contributed by atoms with Gasteiger partial charge >= 0.3 is 5.97 Å². The van der Waals surface area contributed by atoms with Crippen LogP contribution in [-0.2, 0) is 9.53 Å². The Morgan fingerprint density at radius 3 is 2.52 bits per heavy atom. The van der Waals surface area contributed by atoms with Gasteiger partial charge < -0.3 is 14.7 Å². The number of ether oxygens (including phenoxy) is 1. The van der Waals surface area contributed by atoms with Crippen molar-refractivity contribution in [3.05, 3.63) is 39.4 Å². The fourth-order valence-electron chi connectivity index (χ4n) is 3.21. The number of nitro benzene ring substituents is 1. The average Bonchev–Trinajstić information content (AvgIpc) is 3.29. The van der Waals surface area contributed by atoms with Crippen molar-refractivity contribution in [2.24, 2.45) is 0 Å². The summed E-state index contributed by atoms with van der Waals surface area (Å²) in [6, 6.07) is 4.28. The van der Waals surface area contributed by atoms with E-state index >= 15 is 0 Å². The maximum atomic E-state index is 12.7. The number of benzene rings is 1. The first-order chi connectivity index (χ1) is 11.6. The number of esters is 1. The normalized spacial score (nSPS) is 20.3. The molecule has 0 saturated heterocycles. The second-order valence-corrected chi connectivity index (χ2v) is 7.54. The van der Waals surface area contributed by atoms with Crippen LogP contribution in [0.2, 0.25) is 0 Å². The zero-order valence-electron chi connectivity index (χ0n) is 14.8. The van der Waals surface area contributed by atoms with E-state index in [1.165, 1.54) is 12.1 Å². The first-order valence-electron chi connectivity index (χ1n) is 8.34. The van der Waals surface area contributed by atoms with Gasteiger partial charge in [0.2, 0.25) is 0 Å². The molecule has 1 N–H and O–H groups in total. The molecule has 1 atom stereocenters. The minimum Gasteiger partial charge on any atom is -0.507 e. The van der Waals surface area contributed by atoms with Crippen LogP contribution in [0.5, 0.6) is 0 Å². The van der Waals surface area contributed by atoms with Gasteiger partial charge in [-0.3, -0.25) is 10.1 Å². The van der Waals surface area contributed by atoms with Crippen molar-refractivity contribution in [2.75, 3.05) is 4.90 Å². The van der Waals surface area contributed by atoms with Gasteiger partial charge in [-0.25, -0.2) is 4.79 Å². The molecular formula is C18H22N2O5. The average molecular weight is 346 g/mol. The quantitative estimate of drug-likeness (QED) is 0.511. The van der Waals surface area contributed by atoms with E-state index in [1.54, 1.807) is 26.8 Å². The number of non-ortho nitro benzene ring substituents is 1. The third-order valence-electron chi connectivity index (χ3n) is 4.37. The van der Waals surface area contributed by atoms with Crippen LogP contribution < -0.4 is 4.90 Å². The van der Waals surface area contributed by atoms with Crippen molar-refractivity contribution in [1.82, 2.24) is 0 Å². The van der Waals surface area contributed by atoms with Gasteiger partial charge in [-0.2, -0.15) is 0 Å². The zero-order valence-corrected chi connectivity index (χ0v) is 14.8. The highest BCUT2D eigenvalue weighted by molar-refractivity contribution is 6.01. The Labute approximate surface area is 146 Å². The third-order valence-corrected chi connectivity index (χ3v) is 4.37. The van der Waals surface area contributed by atoms with E-state index in [-0.39, 0.29) is 29.1 Å². The Kier molecular flexibility index (Phi) is 3.97. The van der Waals surface area contributed by atoms with Gasteiger partial charge in [0.15, 0.2) is 0 Å². The Hall–Kier alpha value is -2.57. The second kappa shape index (κ2) is 5.75. The van der Waals surface area contributed by atoms with Gasteiger partial charge in [-0.05, 0) is 46.6 Å². The highest BCUT2D eigenvalue weighted by Gasteiger charge is 2.43. The van der Waals surface area contributed by atoms with Gasteiger partial charge in [-0.15, -0.1) is 0 Å². The summed E-state index contributed by atoms with van der Waals surface area (Å²) in [7, 11) is 0. The fourth-order valence-corrected chi connectivity index (χ4v) is 3.21. The van der Waals surface area contributed by atoms with E-state index in [9.17, 15) is 20.0 Å². The molecule has 1 fully saturated rings. The first kappa shape index (κ1) is 17.3. The van der Waals surface area contributed by atoms with Crippen molar-refractivity contribution in [3.8, 4) is 0 Å². The van der Waals surface area contributed by atoms with E-state index in [0.717, 1.165) is 12.8 Å². The summed E-state index contributed by atoms with van der Waals surface area (Å²) in [5, 5.41) is 21.8. The maximum Gasteiger partial charge on any atom is 0.340 e. The van der Waals surface area contributed by atoms with E-state index in [0.29, 0.717) is 11.3 Å². The molecule has 1 aliphatic heterocycles. The lowest BCUT2D eigenvalue weighted by molar-refractivity contribution is -0.384. The van der Waals surface area contributed by atoms with Crippen LogP contribution >= 0.6 is 0 Å². The van der Waals surface area contributed by atoms with Gasteiger partial charge in [0.05, 0.1) is 11.0 Å². The third kappa shape index (κ3) is 3.18. The first-order valence-corrected chi connectivity index (χ1v) is 8.34. The lowest BCUT2D eigenvalue weighted by Crippen LogP contribution is -2.43. The van der Waals surface area contributed by atoms with E-state index in [2.05, 4.69) is 4.90 Å². The van der Waals surface area contributed by atoms with E-state index in [1.807, 2.05) is 6.92 Å². The molecule has 1 aromatic carbocycles. The number of hydrogen-bond donors (Lipinski definition) is 1. The number of fused-ring (bicyclic) bond motifs is 1. The Morgan fingerprint density at radius 1 is 1.36 bits per heavy atom. The van der Waals surface area contributed by atoms with E-state index < -0.39 is 16.5 Å². The summed E-state index contributed by atoms with van der Waals surface area (Å²) < 4.78 is 5.44. The number of aliphatic hydroxyl groups excluding tert-OH is 1. The molecule has 2 aliphatic rings. The largest absolute Gasteiger partial charge is 0.507 e. The maximum absolute atomic E-state index is 12.7. The van der Waals surface area contributed by atoms with Crippen LogP contribution in [0.1, 0.15) is 46.1 Å². The predicted octanol–water partition coefficient (Wildman–Crippen LogP) is 3.58. The van der Waals surface area contributed by atoms with Crippen molar-refractivity contribution in [1.29, 1.82) is 0 Å². The second-order valence-electron chi connectivity index (χ2n) is 7.54. The van der Waals surface area contributed by atoms with Crippen LogP contribution in [0.15, 0.2) is 23.8 Å². The number of rotatable bonds is 3. The molecule has 7 heteroatoms. The van der Waals surface area contributed by atoms with Crippen molar-refractivity contribution in [2.45, 2.75) is 58.2 Å². The van der Waals surface area contributed by atoms with Gasteiger partial charge in [-0.1, -0.05) is 0 Å². The molecule has 1 aliphatic carbocycles. The molecule has 0 bridgehead atoms. The van der Waals surface area contributed by atoms with E-state index in [4.69, 9.17) is 4.74 Å². The monoisotopic (exact) mass is 346 g/mol. The smallest absolute Gasteiger partial charge is 0.340 e. The summed E-state index contributed by atoms with van der Waals surface area (Å²) in [6.07, 6.45) is 1.98. The molecule has 1 aromatic rings. The fraction of sp³-hybridized carbons (Fsp3) is 0.500. The number of aliphatic hydroxyl groups is 1. The topological polar surface area (TPSA) is 92.9 Å². The Balaban J connectivity index is 2.13. The number of nitrogens with zero attached hydrogens (tertiary/aromatic N) is 2. The Bertz CT molecular complexity index is 774. The summed E-state index contributed by atoms with van der Waals surface area (Å²) >= 11 is 0. The summed E-state index contributed by atoms with van der Waals surface area (Å²) in [6.45, 7) is 7.12. The molecule has 25 heavy (non-hydrogen) atoms. The van der Waals surface area contributed by atoms with Crippen molar-refractivity contribution in [3.63, 3.8) is 0 Å². The molecule has 1 heterocycles. The highest BCUT2D eigenvalue weighted by atomic mass is 16.6. The lowest BCUT2D eigenvalue weighted by atomic mass is 9.93. The van der Waals surface area contributed by atoms with Crippen molar-refractivity contribution < 1.29 is 19.6 Å². The summed E-state index contributed by atoms with van der Waals surface area (Å²) in [5.74, 6) is -0.836. The molecule has 0 aromatic heterocycles. The molecule has 0 radical (unpaired) electrons. The molecule has 7 nitrogen and oxygen atoms in total. The number of anilines is 1. The summed E-state index contributed by atoms with van der Waals surface area (Å²) in [4.78, 5) is 25.3. The number of carbonyl (C=O) groups excluding carboxylic acids is 1. The van der Waals surface area contributed by atoms with Crippen molar-refractivity contribution >= 4 is 23.1 Å². The van der Waals surface area contributed by atoms with Crippen LogP contribution in [0.25, 0.3) is 5.76 Å². The molecule has 1 saturated carbocycles. The van der Waals surface area contributed by atoms with Crippen LogP contribution in [-0.4, -0.2) is 33.7 Å². The lowest BCUT2D eigenvalue weighted by Gasteiger charge is -2.38. The molecule has 0 amide bonds. The molecule has 3 rings (SSSR count). The van der Waals surface area contributed by atoms with Gasteiger partial charge in [0.25, 0.3) is 5.69 Å². The minimum absolute atomic E-state index is 0.126. The minimum atomic E-state index is -0.697. The highest BCUT2D eigenvalue weighted by Crippen LogP contribution is 2.44. The van der Waals surface area contributed by atoms with Crippen LogP contribution in [0.3, 0.4) is 0 Å². The standard InChI is InChI=1S/C18H22N2O5/c1-10-15(17(22)25-18(2,3)4)16(21)13-9-12(20(23)24)7-8-14(13)19(10)11-5-6-11/h7-11,21H,5-6H2,1-4H3. The van der Waals surface area contributed by atoms with Gasteiger partial charge in [0, 0.05) is 29.4 Å². The molecule has 1 unspecified atom stereocenters. The Morgan fingerprint density at radius 2 is 2.00 bits per heavy atom. The number of carbonyl (C=O) groups is 1. The molecule has 0 spiro atoms. The SMILES string of the molecule is CC1C(C(=O)OC(C)(C)C)=C(O)c2cc([N+](=O)[O-])ccc2N1C1CC1. The molecular weight excluding hydrogens is 324 g/mol. The molecule has 134 valence electrons. The predicted molar refractivity (Wildman–Crippen MR) is 93.5 cm³/mol. The van der Waals surface area contributed by atoms with Crippen LogP contribution in [0.4, 0.5) is 11.4 Å². The number of hydrogen-bond acceptors (Lipinski definition) is 6. The van der Waals surface area contributed by atoms with Crippen LogP contribution in [0, 0.1) is 10.1 Å².